The van der Waals surface area contributed by atoms with Gasteiger partial charge >= 0.3 is 12.1 Å². The molecule has 2 aromatic rings. The van der Waals surface area contributed by atoms with Crippen LogP contribution in [0, 0.1) is 12.8 Å². The van der Waals surface area contributed by atoms with Crippen LogP contribution in [0.1, 0.15) is 47.7 Å². The lowest BCUT2D eigenvalue weighted by Gasteiger charge is -2.30. The predicted octanol–water partition coefficient (Wildman–Crippen LogP) is 2.45. The van der Waals surface area contributed by atoms with Gasteiger partial charge in [0.05, 0.1) is 18.4 Å². The van der Waals surface area contributed by atoms with Gasteiger partial charge in [0.2, 0.25) is 0 Å². The number of rotatable bonds is 7. The molecule has 170 valence electrons. The number of alkyl halides is 3. The van der Waals surface area contributed by atoms with Gasteiger partial charge in [-0.15, -0.1) is 0 Å². The van der Waals surface area contributed by atoms with E-state index in [-0.39, 0.29) is 5.69 Å². The van der Waals surface area contributed by atoms with Crippen molar-refractivity contribution in [1.29, 1.82) is 0 Å². The maximum absolute atomic E-state index is 11.4. The van der Waals surface area contributed by atoms with Gasteiger partial charge < -0.3 is 20.3 Å². The summed E-state index contributed by atoms with van der Waals surface area (Å²) in [5, 5.41) is 7.12. The summed E-state index contributed by atoms with van der Waals surface area (Å²) in [7, 11) is 2.01. The van der Waals surface area contributed by atoms with Crippen LogP contribution in [0.2, 0.25) is 0 Å². The number of aliphatic carboxylic acids is 1. The number of imidazole rings is 1. The van der Waals surface area contributed by atoms with Crippen molar-refractivity contribution in [3.63, 3.8) is 0 Å². The van der Waals surface area contributed by atoms with Gasteiger partial charge in [-0.2, -0.15) is 13.2 Å². The lowest BCUT2D eigenvalue weighted by atomic mass is 9.83. The lowest BCUT2D eigenvalue weighted by molar-refractivity contribution is -0.192. The first-order chi connectivity index (χ1) is 14.5. The highest BCUT2D eigenvalue weighted by Gasteiger charge is 2.38. The molecule has 0 aromatic carbocycles. The molecule has 3 rings (SSSR count). The van der Waals surface area contributed by atoms with E-state index in [1.165, 1.54) is 25.6 Å². The first-order valence-electron chi connectivity index (χ1n) is 9.63. The van der Waals surface area contributed by atoms with E-state index in [0.717, 1.165) is 36.2 Å². The zero-order valence-electron chi connectivity index (χ0n) is 17.3. The highest BCUT2D eigenvalue weighted by molar-refractivity contribution is 5.91. The minimum Gasteiger partial charge on any atom is -0.475 e. The van der Waals surface area contributed by atoms with E-state index in [2.05, 4.69) is 24.4 Å². The Balaban J connectivity index is 0.000000423. The number of primary amides is 1. The van der Waals surface area contributed by atoms with Crippen LogP contribution in [0.5, 0.6) is 0 Å². The molecule has 2 aromatic heterocycles. The minimum atomic E-state index is -5.08. The number of nitrogens with zero attached hydrogens (tertiary/aromatic N) is 5. The second-order valence-corrected chi connectivity index (χ2v) is 7.29. The number of aromatic nitrogens is 4. The summed E-state index contributed by atoms with van der Waals surface area (Å²) in [5.41, 5.74) is 6.71. The summed E-state index contributed by atoms with van der Waals surface area (Å²) in [6.07, 6.45) is 3.31. The fourth-order valence-electron chi connectivity index (χ4n) is 2.94. The van der Waals surface area contributed by atoms with Crippen LogP contribution in [0.15, 0.2) is 18.6 Å². The number of nitrogens with two attached hydrogens (primary N) is 1. The van der Waals surface area contributed by atoms with Gasteiger partial charge in [-0.1, -0.05) is 19.3 Å². The molecule has 0 unspecified atom stereocenters. The van der Waals surface area contributed by atoms with Crippen LogP contribution in [0.3, 0.4) is 0 Å². The molecule has 0 bridgehead atoms. The first-order valence-corrected chi connectivity index (χ1v) is 9.63. The Morgan fingerprint density at radius 3 is 2.39 bits per heavy atom. The summed E-state index contributed by atoms with van der Waals surface area (Å²) in [6, 6.07) is 1.67. The molecule has 0 aliphatic heterocycles. The minimum absolute atomic E-state index is 0.245. The van der Waals surface area contributed by atoms with E-state index < -0.39 is 18.1 Å². The number of carboxylic acid groups (broad SMARTS) is 1. The fourth-order valence-corrected chi connectivity index (χ4v) is 2.94. The van der Waals surface area contributed by atoms with Crippen molar-refractivity contribution >= 4 is 17.7 Å². The van der Waals surface area contributed by atoms with Crippen molar-refractivity contribution in [3.05, 3.63) is 35.8 Å². The standard InChI is InChI=1S/C17H24N6O.C2HF3O2/c1-12-19-9-14(22(12)2)10-23(7-6-13-4-3-5-13)16-8-15(17(18)24)20-11-21-16;3-2(4,5)1(6)7/h8-9,11,13H,3-7,10H2,1-2H3,(H2,18,24);(H,6,7). The van der Waals surface area contributed by atoms with E-state index in [9.17, 15) is 18.0 Å². The molecule has 0 atom stereocenters. The van der Waals surface area contributed by atoms with Gasteiger partial charge in [-0.25, -0.2) is 19.7 Å². The highest BCUT2D eigenvalue weighted by atomic mass is 19.4. The lowest BCUT2D eigenvalue weighted by Crippen LogP contribution is -2.29. The van der Waals surface area contributed by atoms with Gasteiger partial charge in [0.1, 0.15) is 23.7 Å². The second kappa shape index (κ2) is 10.2. The maximum atomic E-state index is 11.4. The van der Waals surface area contributed by atoms with E-state index in [0.29, 0.717) is 6.54 Å². The third kappa shape index (κ3) is 6.93. The summed E-state index contributed by atoms with van der Waals surface area (Å²) in [4.78, 5) is 35.1. The average molecular weight is 442 g/mol. The summed E-state index contributed by atoms with van der Waals surface area (Å²) in [6.45, 7) is 3.57. The summed E-state index contributed by atoms with van der Waals surface area (Å²) >= 11 is 0. The van der Waals surface area contributed by atoms with Crippen molar-refractivity contribution < 1.29 is 27.9 Å². The fraction of sp³-hybridized carbons (Fsp3) is 0.526. The van der Waals surface area contributed by atoms with Crippen molar-refractivity contribution in [2.45, 2.75) is 45.3 Å². The molecule has 0 radical (unpaired) electrons. The second-order valence-electron chi connectivity index (χ2n) is 7.29. The summed E-state index contributed by atoms with van der Waals surface area (Å²) < 4.78 is 33.8. The quantitative estimate of drug-likeness (QED) is 0.674. The van der Waals surface area contributed by atoms with E-state index in [4.69, 9.17) is 15.6 Å². The Morgan fingerprint density at radius 2 is 1.94 bits per heavy atom. The topological polar surface area (TPSA) is 127 Å². The van der Waals surface area contributed by atoms with Crippen LogP contribution in [-0.4, -0.2) is 49.2 Å². The predicted molar refractivity (Wildman–Crippen MR) is 105 cm³/mol. The van der Waals surface area contributed by atoms with Gasteiger partial charge in [-0.3, -0.25) is 4.79 Å². The van der Waals surface area contributed by atoms with E-state index in [1.807, 2.05) is 20.2 Å². The van der Waals surface area contributed by atoms with E-state index in [1.54, 1.807) is 6.07 Å². The number of hydrogen-bond donors (Lipinski definition) is 2. The molecular weight excluding hydrogens is 417 g/mol. The molecule has 3 N–H and O–H groups in total. The Bertz CT molecular complexity index is 912. The van der Waals surface area contributed by atoms with Crippen molar-refractivity contribution in [2.24, 2.45) is 18.7 Å². The average Bonchev–Trinajstić information content (AvgIpc) is 2.97. The zero-order chi connectivity index (χ0) is 23.2. The molecule has 9 nitrogen and oxygen atoms in total. The number of hydrogen-bond acceptors (Lipinski definition) is 6. The Labute approximate surface area is 177 Å². The molecule has 1 amide bonds. The molecular formula is C19H25F3N6O3. The number of carbonyl (C=O) groups is 2. The number of carbonyl (C=O) groups excluding carboxylic acids is 1. The van der Waals surface area contributed by atoms with Crippen LogP contribution in [0.25, 0.3) is 0 Å². The molecule has 12 heteroatoms. The molecule has 1 fully saturated rings. The molecule has 0 spiro atoms. The van der Waals surface area contributed by atoms with Gasteiger partial charge in [0.15, 0.2) is 0 Å². The number of aryl methyl sites for hydroxylation is 1. The van der Waals surface area contributed by atoms with E-state index >= 15 is 0 Å². The Morgan fingerprint density at radius 1 is 1.29 bits per heavy atom. The molecule has 1 saturated carbocycles. The number of anilines is 1. The maximum Gasteiger partial charge on any atom is 0.490 e. The van der Waals surface area contributed by atoms with Gasteiger partial charge in [-0.05, 0) is 19.3 Å². The third-order valence-corrected chi connectivity index (χ3v) is 5.17. The van der Waals surface area contributed by atoms with Crippen LogP contribution < -0.4 is 10.6 Å². The van der Waals surface area contributed by atoms with Crippen molar-refractivity contribution in [1.82, 2.24) is 19.5 Å². The normalized spacial score (nSPS) is 13.7. The van der Waals surface area contributed by atoms with Crippen LogP contribution >= 0.6 is 0 Å². The molecule has 2 heterocycles. The number of amides is 1. The van der Waals surface area contributed by atoms with Crippen molar-refractivity contribution in [2.75, 3.05) is 11.4 Å². The third-order valence-electron chi connectivity index (χ3n) is 5.17. The Hall–Kier alpha value is -3.18. The molecule has 1 aliphatic rings. The monoisotopic (exact) mass is 442 g/mol. The molecule has 0 saturated heterocycles. The SMILES string of the molecule is Cc1ncc(CN(CCC2CCC2)c2cc(C(N)=O)ncn2)n1C.O=C(O)C(F)(F)F. The Kier molecular flexibility index (Phi) is 7.95. The summed E-state index contributed by atoms with van der Waals surface area (Å²) in [5.74, 6) is -0.777. The molecule has 1 aliphatic carbocycles. The first kappa shape index (κ1) is 24.1. The van der Waals surface area contributed by atoms with Crippen LogP contribution in [0.4, 0.5) is 19.0 Å². The molecule has 31 heavy (non-hydrogen) atoms. The van der Waals surface area contributed by atoms with Gasteiger partial charge in [0.25, 0.3) is 5.91 Å². The highest BCUT2D eigenvalue weighted by Crippen LogP contribution is 2.30. The number of halogens is 3. The van der Waals surface area contributed by atoms with Crippen molar-refractivity contribution in [3.8, 4) is 0 Å². The smallest absolute Gasteiger partial charge is 0.475 e. The zero-order valence-corrected chi connectivity index (χ0v) is 17.3. The largest absolute Gasteiger partial charge is 0.490 e. The number of carboxylic acids is 1. The van der Waals surface area contributed by atoms with Crippen LogP contribution in [-0.2, 0) is 18.4 Å². The van der Waals surface area contributed by atoms with Gasteiger partial charge in [0, 0.05) is 19.7 Å².